The molecule has 0 saturated heterocycles. The maximum Gasteiger partial charge on any atom is 0.0819 e. The molecule has 0 bridgehead atoms. The Morgan fingerprint density at radius 2 is 1.64 bits per heavy atom. The normalized spacial score (nSPS) is 10.4. The van der Waals surface area contributed by atoms with E-state index >= 15 is 0 Å². The number of aryl methyl sites for hydroxylation is 1. The standard InChI is InChI=1S/C12H18O2/c13-14-11-7-2-1-4-8-12-9-5-3-6-10-12/h3,5-6,9-10,13H,1-2,4,7-8,11H2. The van der Waals surface area contributed by atoms with Crippen LogP contribution >= 0.6 is 0 Å². The number of rotatable bonds is 7. The van der Waals surface area contributed by atoms with Gasteiger partial charge >= 0.3 is 0 Å². The Morgan fingerprint density at radius 3 is 2.36 bits per heavy atom. The predicted octanol–water partition coefficient (Wildman–Crippen LogP) is 3.28. The van der Waals surface area contributed by atoms with Gasteiger partial charge in [-0.05, 0) is 24.8 Å². The fourth-order valence-electron chi connectivity index (χ4n) is 1.49. The van der Waals surface area contributed by atoms with E-state index in [2.05, 4.69) is 29.2 Å². The average molecular weight is 194 g/mol. The molecular weight excluding hydrogens is 176 g/mol. The lowest BCUT2D eigenvalue weighted by atomic mass is 10.1. The molecule has 1 aromatic carbocycles. The number of unbranched alkanes of at least 4 members (excludes halogenated alkanes) is 3. The van der Waals surface area contributed by atoms with Gasteiger partial charge in [-0.25, -0.2) is 4.89 Å². The topological polar surface area (TPSA) is 29.5 Å². The lowest BCUT2D eigenvalue weighted by Gasteiger charge is -2.00. The van der Waals surface area contributed by atoms with Crippen molar-refractivity contribution in [2.45, 2.75) is 32.1 Å². The van der Waals surface area contributed by atoms with Crippen molar-refractivity contribution >= 4 is 0 Å². The molecule has 0 amide bonds. The van der Waals surface area contributed by atoms with Gasteiger partial charge in [0.2, 0.25) is 0 Å². The van der Waals surface area contributed by atoms with Crippen LogP contribution in [0.5, 0.6) is 0 Å². The van der Waals surface area contributed by atoms with Crippen molar-refractivity contribution in [1.82, 2.24) is 0 Å². The van der Waals surface area contributed by atoms with Gasteiger partial charge in [0.25, 0.3) is 0 Å². The van der Waals surface area contributed by atoms with Crippen LogP contribution in [0.4, 0.5) is 0 Å². The molecule has 0 aliphatic heterocycles. The van der Waals surface area contributed by atoms with Crippen molar-refractivity contribution in [1.29, 1.82) is 0 Å². The third-order valence-electron chi connectivity index (χ3n) is 2.29. The molecule has 0 aromatic heterocycles. The van der Waals surface area contributed by atoms with Crippen LogP contribution < -0.4 is 0 Å². The average Bonchev–Trinajstić information content (AvgIpc) is 2.25. The highest BCUT2D eigenvalue weighted by atomic mass is 17.1. The van der Waals surface area contributed by atoms with Crippen LogP contribution in [0.2, 0.25) is 0 Å². The molecule has 0 heterocycles. The van der Waals surface area contributed by atoms with E-state index < -0.39 is 0 Å². The highest BCUT2D eigenvalue weighted by molar-refractivity contribution is 5.14. The monoisotopic (exact) mass is 194 g/mol. The van der Waals surface area contributed by atoms with E-state index in [0.717, 1.165) is 19.3 Å². The van der Waals surface area contributed by atoms with Crippen molar-refractivity contribution in [2.24, 2.45) is 0 Å². The summed E-state index contributed by atoms with van der Waals surface area (Å²) in [5.74, 6) is 0. The van der Waals surface area contributed by atoms with Gasteiger partial charge < -0.3 is 0 Å². The first-order valence-corrected chi connectivity index (χ1v) is 5.24. The fourth-order valence-corrected chi connectivity index (χ4v) is 1.49. The quantitative estimate of drug-likeness (QED) is 0.410. The molecule has 0 spiro atoms. The van der Waals surface area contributed by atoms with Crippen molar-refractivity contribution in [3.63, 3.8) is 0 Å². The Labute approximate surface area is 85.5 Å². The zero-order valence-electron chi connectivity index (χ0n) is 8.48. The SMILES string of the molecule is OOCCCCCCc1ccccc1. The van der Waals surface area contributed by atoms with E-state index in [4.69, 9.17) is 5.26 Å². The summed E-state index contributed by atoms with van der Waals surface area (Å²) in [5, 5.41) is 8.10. The molecule has 0 aliphatic carbocycles. The van der Waals surface area contributed by atoms with Gasteiger partial charge in [-0.2, -0.15) is 0 Å². The molecule has 1 N–H and O–H groups in total. The summed E-state index contributed by atoms with van der Waals surface area (Å²) in [4.78, 5) is 4.01. The van der Waals surface area contributed by atoms with E-state index in [1.54, 1.807) is 0 Å². The van der Waals surface area contributed by atoms with Crippen molar-refractivity contribution in [3.8, 4) is 0 Å². The van der Waals surface area contributed by atoms with E-state index in [-0.39, 0.29) is 0 Å². The second kappa shape index (κ2) is 7.54. The first kappa shape index (κ1) is 11.2. The Bertz CT molecular complexity index is 221. The Morgan fingerprint density at radius 1 is 0.929 bits per heavy atom. The molecule has 0 unspecified atom stereocenters. The number of hydrogen-bond donors (Lipinski definition) is 1. The largest absolute Gasteiger partial charge is 0.252 e. The van der Waals surface area contributed by atoms with Crippen LogP contribution in [0, 0.1) is 0 Å². The minimum Gasteiger partial charge on any atom is -0.252 e. The third-order valence-corrected chi connectivity index (χ3v) is 2.29. The van der Waals surface area contributed by atoms with Gasteiger partial charge in [0.15, 0.2) is 0 Å². The predicted molar refractivity (Wildman–Crippen MR) is 57.2 cm³/mol. The summed E-state index contributed by atoms with van der Waals surface area (Å²) in [6.45, 7) is 0.464. The van der Waals surface area contributed by atoms with Crippen LogP contribution in [0.15, 0.2) is 30.3 Å². The van der Waals surface area contributed by atoms with Crippen LogP contribution in [-0.4, -0.2) is 11.9 Å². The maximum absolute atomic E-state index is 8.10. The van der Waals surface area contributed by atoms with Gasteiger partial charge in [0.05, 0.1) is 6.61 Å². The summed E-state index contributed by atoms with van der Waals surface area (Å²) < 4.78 is 0. The number of benzene rings is 1. The Hall–Kier alpha value is -0.860. The summed E-state index contributed by atoms with van der Waals surface area (Å²) in [5.41, 5.74) is 1.41. The molecule has 78 valence electrons. The summed E-state index contributed by atoms with van der Waals surface area (Å²) in [6, 6.07) is 10.5. The lowest BCUT2D eigenvalue weighted by Crippen LogP contribution is -1.90. The van der Waals surface area contributed by atoms with Gasteiger partial charge in [-0.1, -0.05) is 43.2 Å². The molecule has 2 heteroatoms. The van der Waals surface area contributed by atoms with Gasteiger partial charge in [0, 0.05) is 0 Å². The molecular formula is C12H18O2. The fraction of sp³-hybridized carbons (Fsp3) is 0.500. The van der Waals surface area contributed by atoms with E-state index in [9.17, 15) is 0 Å². The van der Waals surface area contributed by atoms with Crippen LogP contribution in [0.3, 0.4) is 0 Å². The van der Waals surface area contributed by atoms with Crippen LogP contribution in [-0.2, 0) is 11.3 Å². The molecule has 1 aromatic rings. The second-order valence-electron chi connectivity index (χ2n) is 3.48. The molecule has 0 saturated carbocycles. The molecule has 0 radical (unpaired) electrons. The molecule has 2 nitrogen and oxygen atoms in total. The van der Waals surface area contributed by atoms with E-state index in [0.29, 0.717) is 6.61 Å². The molecule has 0 aliphatic rings. The zero-order valence-corrected chi connectivity index (χ0v) is 8.48. The summed E-state index contributed by atoms with van der Waals surface area (Å²) >= 11 is 0. The van der Waals surface area contributed by atoms with Crippen LogP contribution in [0.1, 0.15) is 31.2 Å². The highest BCUT2D eigenvalue weighted by Gasteiger charge is 1.92. The minimum atomic E-state index is 0.464. The molecule has 0 atom stereocenters. The maximum atomic E-state index is 8.10. The smallest absolute Gasteiger partial charge is 0.0819 e. The third kappa shape index (κ3) is 5.00. The minimum absolute atomic E-state index is 0.464. The lowest BCUT2D eigenvalue weighted by molar-refractivity contribution is -0.242. The van der Waals surface area contributed by atoms with Crippen molar-refractivity contribution < 1.29 is 10.1 Å². The Kier molecular flexibility index (Phi) is 6.04. The van der Waals surface area contributed by atoms with Crippen LogP contribution in [0.25, 0.3) is 0 Å². The Balaban J connectivity index is 1.99. The van der Waals surface area contributed by atoms with Crippen molar-refractivity contribution in [2.75, 3.05) is 6.61 Å². The first-order chi connectivity index (χ1) is 6.93. The first-order valence-electron chi connectivity index (χ1n) is 5.24. The molecule has 1 rings (SSSR count). The highest BCUT2D eigenvalue weighted by Crippen LogP contribution is 2.07. The second-order valence-corrected chi connectivity index (χ2v) is 3.48. The van der Waals surface area contributed by atoms with E-state index in [1.807, 2.05) is 6.07 Å². The van der Waals surface area contributed by atoms with Gasteiger partial charge in [-0.3, -0.25) is 5.26 Å². The molecule has 0 fully saturated rings. The summed E-state index contributed by atoms with van der Waals surface area (Å²) in [7, 11) is 0. The summed E-state index contributed by atoms with van der Waals surface area (Å²) in [6.07, 6.45) is 5.66. The number of hydrogen-bond acceptors (Lipinski definition) is 2. The van der Waals surface area contributed by atoms with Gasteiger partial charge in [0.1, 0.15) is 0 Å². The van der Waals surface area contributed by atoms with Gasteiger partial charge in [-0.15, -0.1) is 0 Å². The van der Waals surface area contributed by atoms with E-state index in [1.165, 1.54) is 18.4 Å². The zero-order chi connectivity index (χ0) is 10.1. The molecule has 14 heavy (non-hydrogen) atoms. The van der Waals surface area contributed by atoms with Crippen molar-refractivity contribution in [3.05, 3.63) is 35.9 Å².